The maximum Gasteiger partial charge on any atom is 0.406 e. The number of nitrogens with zero attached hydrogens (tertiary/aromatic N) is 1. The van der Waals surface area contributed by atoms with Gasteiger partial charge >= 0.3 is 6.09 Å². The van der Waals surface area contributed by atoms with E-state index in [0.717, 1.165) is 27.8 Å². The Morgan fingerprint density at radius 3 is 2.30 bits per heavy atom. The molecule has 0 atom stereocenters. The van der Waals surface area contributed by atoms with Crippen LogP contribution in [0.3, 0.4) is 0 Å². The van der Waals surface area contributed by atoms with E-state index in [4.69, 9.17) is 23.7 Å². The summed E-state index contributed by atoms with van der Waals surface area (Å²) >= 11 is 0. The molecule has 1 heterocycles. The van der Waals surface area contributed by atoms with Gasteiger partial charge < -0.3 is 39.1 Å². The van der Waals surface area contributed by atoms with E-state index in [2.05, 4.69) is 26.5 Å². The Morgan fingerprint density at radius 2 is 1.60 bits per heavy atom. The molecule has 216 valence electrons. The third-order valence-corrected chi connectivity index (χ3v) is 6.16. The van der Waals surface area contributed by atoms with Gasteiger partial charge in [-0.1, -0.05) is 6.07 Å². The van der Waals surface area contributed by atoms with Crippen LogP contribution in [0, 0.1) is 5.82 Å². The van der Waals surface area contributed by atoms with Crippen LogP contribution < -0.4 is 20.1 Å². The summed E-state index contributed by atoms with van der Waals surface area (Å²) in [7, 11) is 4.52. The van der Waals surface area contributed by atoms with Crippen LogP contribution in [0.1, 0.15) is 0 Å². The van der Waals surface area contributed by atoms with Crippen molar-refractivity contribution in [1.82, 2.24) is 15.1 Å². The van der Waals surface area contributed by atoms with Crippen LogP contribution in [-0.4, -0.2) is 83.4 Å². The van der Waals surface area contributed by atoms with Crippen LogP contribution >= 0.6 is 0 Å². The monoisotopic (exact) mass is 558 g/mol. The molecule has 0 fully saturated rings. The number of amides is 1. The normalized spacial score (nSPS) is 11.2. The molecule has 12 heteroatoms. The standard InChI is InChI=1S/C28H35FN4O7/c1-35-24-16-19-15-23-26(22(19)18-25(24)36-2)32-33(27(23)31-21-6-4-5-20(29)17-21)8-10-39-12-14-40-13-11-38-9-7-30-28(34)37-3/h4-6,15-18,31-32H,7-14H2,1-3H3,(H,30,34). The van der Waals surface area contributed by atoms with Crippen LogP contribution in [-0.2, 0) is 25.5 Å². The number of aromatic amines is 1. The van der Waals surface area contributed by atoms with Gasteiger partial charge in [-0.05, 0) is 41.8 Å². The Balaban J connectivity index is 1.34. The molecule has 0 saturated heterocycles. The lowest BCUT2D eigenvalue weighted by Gasteiger charge is -2.12. The third kappa shape index (κ3) is 7.34. The highest BCUT2D eigenvalue weighted by Gasteiger charge is 2.22. The second-order valence-electron chi connectivity index (χ2n) is 8.73. The van der Waals surface area contributed by atoms with Crippen LogP contribution in [0.2, 0.25) is 0 Å². The van der Waals surface area contributed by atoms with Gasteiger partial charge in [-0.3, -0.25) is 9.78 Å². The van der Waals surface area contributed by atoms with Crippen molar-refractivity contribution < 1.29 is 37.6 Å². The van der Waals surface area contributed by atoms with Crippen LogP contribution in [0.25, 0.3) is 22.0 Å². The van der Waals surface area contributed by atoms with E-state index in [1.807, 2.05) is 22.9 Å². The molecule has 0 saturated carbocycles. The number of anilines is 2. The Hall–Kier alpha value is -4.00. The zero-order valence-electron chi connectivity index (χ0n) is 22.9. The summed E-state index contributed by atoms with van der Waals surface area (Å²) in [6, 6.07) is 12.3. The summed E-state index contributed by atoms with van der Waals surface area (Å²) < 4.78 is 48.0. The first-order chi connectivity index (χ1) is 19.5. The van der Waals surface area contributed by atoms with Gasteiger partial charge in [-0.25, -0.2) is 9.18 Å². The second-order valence-corrected chi connectivity index (χ2v) is 8.73. The molecule has 2 aromatic carbocycles. The fraction of sp³-hybridized carbons (Fsp3) is 0.393. The molecular formula is C28H35FN4O7. The summed E-state index contributed by atoms with van der Waals surface area (Å²) in [5, 5.41) is 11.3. The molecule has 0 aromatic heterocycles. The van der Waals surface area contributed by atoms with Crippen molar-refractivity contribution in [3.63, 3.8) is 0 Å². The van der Waals surface area contributed by atoms with E-state index in [9.17, 15) is 9.18 Å². The van der Waals surface area contributed by atoms with Gasteiger partial charge in [-0.2, -0.15) is 0 Å². The minimum Gasteiger partial charge on any atom is -0.493 e. The number of hydrogen-bond donors (Lipinski definition) is 3. The average Bonchev–Trinajstić information content (AvgIpc) is 3.47. The minimum atomic E-state index is -0.486. The predicted molar refractivity (Wildman–Crippen MR) is 149 cm³/mol. The van der Waals surface area contributed by atoms with E-state index in [0.29, 0.717) is 69.9 Å². The fourth-order valence-electron chi connectivity index (χ4n) is 4.25. The summed E-state index contributed by atoms with van der Waals surface area (Å²) in [5.41, 5.74) is 2.49. The maximum absolute atomic E-state index is 13.9. The molecule has 0 unspecified atom stereocenters. The van der Waals surface area contributed by atoms with Gasteiger partial charge in [0.05, 0.1) is 73.2 Å². The minimum absolute atomic E-state index is 0.322. The summed E-state index contributed by atoms with van der Waals surface area (Å²) in [6.07, 6.45) is -0.486. The van der Waals surface area contributed by atoms with Crippen LogP contribution in [0.5, 0.6) is 11.5 Å². The van der Waals surface area contributed by atoms with E-state index in [-0.39, 0.29) is 5.82 Å². The van der Waals surface area contributed by atoms with Crippen molar-refractivity contribution in [2.24, 2.45) is 0 Å². The molecule has 0 bridgehead atoms. The van der Waals surface area contributed by atoms with Crippen molar-refractivity contribution in [1.29, 1.82) is 0 Å². The van der Waals surface area contributed by atoms with Gasteiger partial charge in [0.1, 0.15) is 11.6 Å². The molecule has 2 aliphatic rings. The number of ether oxygens (including phenoxy) is 6. The van der Waals surface area contributed by atoms with E-state index >= 15 is 0 Å². The van der Waals surface area contributed by atoms with Crippen molar-refractivity contribution in [3.8, 4) is 22.8 Å². The molecule has 11 nitrogen and oxygen atoms in total. The number of carbonyl (C=O) groups is 1. The predicted octanol–water partition coefficient (Wildman–Crippen LogP) is 4.38. The zero-order valence-corrected chi connectivity index (χ0v) is 22.9. The van der Waals surface area contributed by atoms with Crippen molar-refractivity contribution >= 4 is 28.4 Å². The smallest absolute Gasteiger partial charge is 0.406 e. The van der Waals surface area contributed by atoms with E-state index in [1.54, 1.807) is 20.3 Å². The van der Waals surface area contributed by atoms with Gasteiger partial charge in [0.2, 0.25) is 0 Å². The van der Waals surface area contributed by atoms with Crippen LogP contribution in [0.4, 0.5) is 20.7 Å². The highest BCUT2D eigenvalue weighted by atomic mass is 19.1. The van der Waals surface area contributed by atoms with E-state index in [1.165, 1.54) is 19.2 Å². The number of fused-ring (bicyclic) bond motifs is 3. The lowest BCUT2D eigenvalue weighted by atomic mass is 10.2. The zero-order chi connectivity index (χ0) is 28.3. The van der Waals surface area contributed by atoms with Gasteiger partial charge in [-0.15, -0.1) is 0 Å². The molecule has 4 rings (SSSR count). The number of alkyl carbamates (subject to hydrolysis) is 1. The maximum atomic E-state index is 13.9. The van der Waals surface area contributed by atoms with Crippen LogP contribution in [0.15, 0.2) is 42.5 Å². The third-order valence-electron chi connectivity index (χ3n) is 6.16. The van der Waals surface area contributed by atoms with E-state index < -0.39 is 6.09 Å². The molecule has 1 amide bonds. The summed E-state index contributed by atoms with van der Waals surface area (Å²) in [5.74, 6) is 1.74. The number of halogens is 1. The first-order valence-electron chi connectivity index (χ1n) is 12.9. The topological polar surface area (TPSA) is 117 Å². The SMILES string of the molecule is COC(=O)NCCOCCOCCOCCn1[nH]c2c3cc(OC)c(OC)cc3cc-2c1Nc1cccc(F)c1. The second kappa shape index (κ2) is 14.4. The van der Waals surface area contributed by atoms with Crippen molar-refractivity contribution in [3.05, 3.63) is 48.3 Å². The van der Waals surface area contributed by atoms with Gasteiger partial charge in [0.25, 0.3) is 0 Å². The number of rotatable bonds is 16. The Labute approximate surface area is 231 Å². The lowest BCUT2D eigenvalue weighted by molar-refractivity contribution is 0.0134. The molecule has 40 heavy (non-hydrogen) atoms. The number of carbonyl (C=O) groups excluding carboxylic acids is 1. The lowest BCUT2D eigenvalue weighted by Crippen LogP contribution is -2.27. The van der Waals surface area contributed by atoms with Gasteiger partial charge in [0.15, 0.2) is 11.5 Å². The molecular weight excluding hydrogens is 523 g/mol. The first-order valence-corrected chi connectivity index (χ1v) is 12.9. The number of H-pyrrole nitrogens is 1. The van der Waals surface area contributed by atoms with Crippen molar-refractivity contribution in [2.45, 2.75) is 6.54 Å². The quantitative estimate of drug-likeness (QED) is 0.174. The Morgan fingerprint density at radius 1 is 0.900 bits per heavy atom. The Kier molecular flexibility index (Phi) is 10.4. The number of aromatic nitrogens is 2. The number of hydrogen-bond acceptors (Lipinski definition) is 8. The summed E-state index contributed by atoms with van der Waals surface area (Å²) in [4.78, 5) is 10.9. The number of nitrogens with one attached hydrogen (secondary N) is 3. The van der Waals surface area contributed by atoms with Gasteiger partial charge in [0, 0.05) is 23.2 Å². The summed E-state index contributed by atoms with van der Waals surface area (Å²) in [6.45, 7) is 3.38. The average molecular weight is 559 g/mol. The molecule has 0 radical (unpaired) electrons. The number of methoxy groups -OCH3 is 3. The first kappa shape index (κ1) is 29.0. The molecule has 1 aliphatic heterocycles. The molecule has 2 aromatic rings. The van der Waals surface area contributed by atoms with Crippen molar-refractivity contribution in [2.75, 3.05) is 72.8 Å². The fourth-order valence-corrected chi connectivity index (χ4v) is 4.25. The Bertz CT molecular complexity index is 1360. The molecule has 3 N–H and O–H groups in total. The molecule has 0 spiro atoms. The highest BCUT2D eigenvalue weighted by Crippen LogP contribution is 2.43. The molecule has 1 aliphatic carbocycles. The number of benzene rings is 2. The largest absolute Gasteiger partial charge is 0.493 e. The highest BCUT2D eigenvalue weighted by molar-refractivity contribution is 6.05.